The number of aliphatic hydroxyl groups excluding tert-OH is 1. The molecule has 1 aromatic rings. The first-order chi connectivity index (χ1) is 6.70. The largest absolute Gasteiger partial charge is 0.395 e. The Balaban J connectivity index is 3.08. The molecule has 0 spiro atoms. The average Bonchev–Trinajstić information content (AvgIpc) is 2.17. The van der Waals surface area contributed by atoms with Gasteiger partial charge in [-0.2, -0.15) is 5.26 Å². The van der Waals surface area contributed by atoms with E-state index in [0.717, 1.165) is 5.56 Å². The van der Waals surface area contributed by atoms with E-state index in [9.17, 15) is 0 Å². The van der Waals surface area contributed by atoms with Gasteiger partial charge in [-0.05, 0) is 18.6 Å². The fraction of sp³-hybridized carbons (Fsp3) is 0.400. The number of hydrogen-bond donors (Lipinski definition) is 1. The van der Waals surface area contributed by atoms with Crippen molar-refractivity contribution in [1.29, 1.82) is 5.26 Å². The van der Waals surface area contributed by atoms with Gasteiger partial charge in [-0.25, -0.2) is 4.98 Å². The maximum atomic E-state index is 8.94. The Morgan fingerprint density at radius 3 is 2.93 bits per heavy atom. The summed E-state index contributed by atoms with van der Waals surface area (Å²) in [5, 5.41) is 17.7. The van der Waals surface area contributed by atoms with Crippen molar-refractivity contribution in [3.05, 3.63) is 23.4 Å². The molecule has 4 nitrogen and oxygen atoms in total. The Hall–Kier alpha value is -1.60. The minimum atomic E-state index is 0.0526. The molecule has 14 heavy (non-hydrogen) atoms. The van der Waals surface area contributed by atoms with Crippen molar-refractivity contribution in [2.75, 3.05) is 25.1 Å². The van der Waals surface area contributed by atoms with Gasteiger partial charge in [0.1, 0.15) is 11.9 Å². The van der Waals surface area contributed by atoms with E-state index in [0.29, 0.717) is 17.9 Å². The fourth-order valence-electron chi connectivity index (χ4n) is 1.23. The average molecular weight is 191 g/mol. The molecule has 0 aliphatic heterocycles. The Morgan fingerprint density at radius 2 is 2.36 bits per heavy atom. The van der Waals surface area contributed by atoms with E-state index in [4.69, 9.17) is 10.4 Å². The lowest BCUT2D eigenvalue weighted by molar-refractivity contribution is 0.304. The highest BCUT2D eigenvalue weighted by Crippen LogP contribution is 2.17. The molecule has 1 heterocycles. The summed E-state index contributed by atoms with van der Waals surface area (Å²) in [7, 11) is 1.80. The third kappa shape index (κ3) is 2.01. The second kappa shape index (κ2) is 4.58. The number of nitriles is 1. The van der Waals surface area contributed by atoms with Crippen LogP contribution in [0.4, 0.5) is 5.82 Å². The lowest BCUT2D eigenvalue weighted by atomic mass is 10.1. The lowest BCUT2D eigenvalue weighted by Crippen LogP contribution is -2.23. The van der Waals surface area contributed by atoms with Crippen LogP contribution in [0, 0.1) is 18.3 Å². The smallest absolute Gasteiger partial charge is 0.146 e. The molecular weight excluding hydrogens is 178 g/mol. The number of likely N-dealkylation sites (N-methyl/N-ethyl adjacent to an activating group) is 1. The third-order valence-electron chi connectivity index (χ3n) is 2.05. The molecule has 0 aliphatic carbocycles. The van der Waals surface area contributed by atoms with E-state index in [-0.39, 0.29) is 6.61 Å². The zero-order valence-electron chi connectivity index (χ0n) is 8.36. The van der Waals surface area contributed by atoms with Crippen molar-refractivity contribution in [3.8, 4) is 6.07 Å². The van der Waals surface area contributed by atoms with Crippen LogP contribution in [0.3, 0.4) is 0 Å². The van der Waals surface area contributed by atoms with Crippen molar-refractivity contribution >= 4 is 5.82 Å². The summed E-state index contributed by atoms with van der Waals surface area (Å²) in [6.07, 6.45) is 1.67. The second-order valence-corrected chi connectivity index (χ2v) is 3.08. The van der Waals surface area contributed by atoms with Crippen molar-refractivity contribution in [3.63, 3.8) is 0 Å². The SMILES string of the molecule is Cc1ccnc(N(C)CCO)c1C#N. The van der Waals surface area contributed by atoms with Crippen molar-refractivity contribution in [2.45, 2.75) is 6.92 Å². The summed E-state index contributed by atoms with van der Waals surface area (Å²) >= 11 is 0. The van der Waals surface area contributed by atoms with Crippen LogP contribution in [0.25, 0.3) is 0 Å². The monoisotopic (exact) mass is 191 g/mol. The predicted octanol–water partition coefficient (Wildman–Crippen LogP) is 0.690. The van der Waals surface area contributed by atoms with Gasteiger partial charge in [0.25, 0.3) is 0 Å². The van der Waals surface area contributed by atoms with Gasteiger partial charge in [0, 0.05) is 19.8 Å². The van der Waals surface area contributed by atoms with Crippen LogP contribution in [0.5, 0.6) is 0 Å². The zero-order valence-corrected chi connectivity index (χ0v) is 8.36. The van der Waals surface area contributed by atoms with Crippen LogP contribution in [0.1, 0.15) is 11.1 Å². The van der Waals surface area contributed by atoms with E-state index < -0.39 is 0 Å². The topological polar surface area (TPSA) is 60.1 Å². The highest BCUT2D eigenvalue weighted by molar-refractivity contribution is 5.56. The quantitative estimate of drug-likeness (QED) is 0.763. The Labute approximate surface area is 83.4 Å². The summed E-state index contributed by atoms with van der Waals surface area (Å²) in [5.41, 5.74) is 1.48. The lowest BCUT2D eigenvalue weighted by Gasteiger charge is -2.18. The molecule has 0 unspecified atom stereocenters. The molecular formula is C10H13N3O. The minimum Gasteiger partial charge on any atom is -0.395 e. The highest BCUT2D eigenvalue weighted by Gasteiger charge is 2.09. The first-order valence-electron chi connectivity index (χ1n) is 4.38. The second-order valence-electron chi connectivity index (χ2n) is 3.08. The zero-order chi connectivity index (χ0) is 10.6. The van der Waals surface area contributed by atoms with Crippen LogP contribution in [0.2, 0.25) is 0 Å². The van der Waals surface area contributed by atoms with Gasteiger partial charge in [0.2, 0.25) is 0 Å². The number of aryl methyl sites for hydroxylation is 1. The molecule has 0 aliphatic rings. The molecule has 0 bridgehead atoms. The number of anilines is 1. The van der Waals surface area contributed by atoms with E-state index in [1.807, 2.05) is 6.92 Å². The molecule has 0 radical (unpaired) electrons. The number of aliphatic hydroxyl groups is 1. The van der Waals surface area contributed by atoms with Gasteiger partial charge < -0.3 is 10.0 Å². The van der Waals surface area contributed by atoms with Gasteiger partial charge in [-0.15, -0.1) is 0 Å². The van der Waals surface area contributed by atoms with E-state index in [1.165, 1.54) is 0 Å². The van der Waals surface area contributed by atoms with Gasteiger partial charge in [0.05, 0.1) is 12.2 Å². The van der Waals surface area contributed by atoms with E-state index in [1.54, 1.807) is 24.2 Å². The molecule has 1 N–H and O–H groups in total. The predicted molar refractivity (Wildman–Crippen MR) is 54.0 cm³/mol. The first kappa shape index (κ1) is 10.5. The number of hydrogen-bond acceptors (Lipinski definition) is 4. The first-order valence-corrected chi connectivity index (χ1v) is 4.38. The Bertz CT molecular complexity index is 357. The highest BCUT2D eigenvalue weighted by atomic mass is 16.3. The van der Waals surface area contributed by atoms with Crippen LogP contribution < -0.4 is 4.90 Å². The molecule has 0 atom stereocenters. The maximum absolute atomic E-state index is 8.94. The fourth-order valence-corrected chi connectivity index (χ4v) is 1.23. The summed E-state index contributed by atoms with van der Waals surface area (Å²) in [6.45, 7) is 2.40. The standard InChI is InChI=1S/C10H13N3O/c1-8-3-4-12-10(9(8)7-11)13(2)5-6-14/h3-4,14H,5-6H2,1-2H3. The molecule has 0 saturated carbocycles. The summed E-state index contributed by atoms with van der Waals surface area (Å²) < 4.78 is 0. The third-order valence-corrected chi connectivity index (χ3v) is 2.05. The summed E-state index contributed by atoms with van der Waals surface area (Å²) in [6, 6.07) is 3.92. The molecule has 74 valence electrons. The number of aromatic nitrogens is 1. The van der Waals surface area contributed by atoms with Crippen LogP contribution >= 0.6 is 0 Å². The van der Waals surface area contributed by atoms with Crippen molar-refractivity contribution in [1.82, 2.24) is 4.98 Å². The summed E-state index contributed by atoms with van der Waals surface area (Å²) in [4.78, 5) is 5.89. The molecule has 0 saturated heterocycles. The van der Waals surface area contributed by atoms with Crippen LogP contribution in [-0.4, -0.2) is 30.3 Å². The molecule has 4 heteroatoms. The van der Waals surface area contributed by atoms with Gasteiger partial charge in [-0.3, -0.25) is 0 Å². The molecule has 0 amide bonds. The number of rotatable bonds is 3. The van der Waals surface area contributed by atoms with Crippen molar-refractivity contribution in [2.24, 2.45) is 0 Å². The van der Waals surface area contributed by atoms with E-state index >= 15 is 0 Å². The molecule has 0 fully saturated rings. The van der Waals surface area contributed by atoms with Gasteiger partial charge >= 0.3 is 0 Å². The summed E-state index contributed by atoms with van der Waals surface area (Å²) in [5.74, 6) is 0.626. The van der Waals surface area contributed by atoms with Gasteiger partial charge in [0.15, 0.2) is 0 Å². The van der Waals surface area contributed by atoms with Crippen LogP contribution in [0.15, 0.2) is 12.3 Å². The normalized spacial score (nSPS) is 9.57. The van der Waals surface area contributed by atoms with Crippen LogP contribution in [-0.2, 0) is 0 Å². The molecule has 1 aromatic heterocycles. The molecule has 0 aromatic carbocycles. The molecule has 1 rings (SSSR count). The Kier molecular flexibility index (Phi) is 3.43. The minimum absolute atomic E-state index is 0.0526. The maximum Gasteiger partial charge on any atom is 0.146 e. The van der Waals surface area contributed by atoms with Gasteiger partial charge in [-0.1, -0.05) is 0 Å². The Morgan fingerprint density at radius 1 is 1.64 bits per heavy atom. The number of nitrogens with zero attached hydrogens (tertiary/aromatic N) is 3. The number of pyridine rings is 1. The van der Waals surface area contributed by atoms with Crippen molar-refractivity contribution < 1.29 is 5.11 Å². The van der Waals surface area contributed by atoms with E-state index in [2.05, 4.69) is 11.1 Å².